The summed E-state index contributed by atoms with van der Waals surface area (Å²) in [7, 11) is 0. The molecule has 0 aliphatic carbocycles. The van der Waals surface area contributed by atoms with E-state index in [0.717, 1.165) is 44.1 Å². The van der Waals surface area contributed by atoms with Gasteiger partial charge in [-0.2, -0.15) is 5.10 Å². The van der Waals surface area contributed by atoms with Crippen molar-refractivity contribution in [3.8, 4) is 0 Å². The molecule has 0 amide bonds. The van der Waals surface area contributed by atoms with Gasteiger partial charge in [-0.1, -0.05) is 0 Å². The number of hydrogen-bond donors (Lipinski definition) is 1. The fraction of sp³-hybridized carbons (Fsp3) is 0.667. The molecule has 1 N–H and O–H groups in total. The van der Waals surface area contributed by atoms with Crippen LogP contribution in [0.1, 0.15) is 44.3 Å². The van der Waals surface area contributed by atoms with E-state index in [9.17, 15) is 4.79 Å². The largest absolute Gasteiger partial charge is 0.346 e. The Morgan fingerprint density at radius 2 is 2.05 bits per heavy atom. The Hall–Kier alpha value is -1.89. The van der Waals surface area contributed by atoms with Gasteiger partial charge in [0.2, 0.25) is 0 Å². The summed E-state index contributed by atoms with van der Waals surface area (Å²) < 4.78 is 5.42. The highest BCUT2D eigenvalue weighted by molar-refractivity contribution is 5.01. The zero-order valence-corrected chi connectivity index (χ0v) is 13.3. The first-order valence-electron chi connectivity index (χ1n) is 8.12. The van der Waals surface area contributed by atoms with Gasteiger partial charge in [-0.15, -0.1) is 0 Å². The number of hydrogen-bond acceptors (Lipinski definition) is 4. The topological polar surface area (TPSA) is 69.7 Å². The van der Waals surface area contributed by atoms with E-state index in [1.54, 1.807) is 10.9 Å². The van der Waals surface area contributed by atoms with Gasteiger partial charge in [0.25, 0.3) is 0 Å². The van der Waals surface area contributed by atoms with Crippen molar-refractivity contribution in [1.82, 2.24) is 29.2 Å². The number of piperidine rings is 1. The molecule has 3 rings (SSSR count). The third-order valence-corrected chi connectivity index (χ3v) is 4.41. The molecule has 3 heterocycles. The van der Waals surface area contributed by atoms with Crippen molar-refractivity contribution >= 4 is 0 Å². The standard InChI is InChI=1S/C15H24N6O/c1-3-19-10-9-17-13(19)11-21-15(22)20(4-2)14(18-21)12-5-7-16-8-6-12/h9-10,12,16H,3-8,11H2,1-2H3. The predicted octanol–water partition coefficient (Wildman–Crippen LogP) is 0.796. The summed E-state index contributed by atoms with van der Waals surface area (Å²) in [5, 5.41) is 8.00. The number of nitrogens with zero attached hydrogens (tertiary/aromatic N) is 5. The summed E-state index contributed by atoms with van der Waals surface area (Å²) in [4.78, 5) is 16.9. The molecule has 0 saturated carbocycles. The van der Waals surface area contributed by atoms with E-state index in [2.05, 4.69) is 22.3 Å². The second-order valence-electron chi connectivity index (χ2n) is 5.70. The SMILES string of the molecule is CCn1ccnc1Cn1nc(C2CCNCC2)n(CC)c1=O. The average Bonchev–Trinajstić information content (AvgIpc) is 3.13. The maximum absolute atomic E-state index is 12.6. The van der Waals surface area contributed by atoms with Gasteiger partial charge in [-0.05, 0) is 39.8 Å². The van der Waals surface area contributed by atoms with Crippen LogP contribution in [-0.4, -0.2) is 37.0 Å². The molecular weight excluding hydrogens is 280 g/mol. The highest BCUT2D eigenvalue weighted by Crippen LogP contribution is 2.22. The molecule has 1 aliphatic rings. The maximum atomic E-state index is 12.6. The minimum absolute atomic E-state index is 0.0262. The van der Waals surface area contributed by atoms with Crippen molar-refractivity contribution in [2.75, 3.05) is 13.1 Å². The van der Waals surface area contributed by atoms with Gasteiger partial charge in [-0.25, -0.2) is 14.5 Å². The summed E-state index contributed by atoms with van der Waals surface area (Å²) in [5.74, 6) is 2.19. The Balaban J connectivity index is 1.92. The lowest BCUT2D eigenvalue weighted by Gasteiger charge is -2.21. The van der Waals surface area contributed by atoms with Crippen LogP contribution in [0.4, 0.5) is 0 Å². The molecular formula is C15H24N6O. The van der Waals surface area contributed by atoms with Crippen LogP contribution in [0, 0.1) is 0 Å². The molecule has 2 aromatic heterocycles. The quantitative estimate of drug-likeness (QED) is 0.887. The molecule has 0 aromatic carbocycles. The Morgan fingerprint density at radius 1 is 1.27 bits per heavy atom. The smallest absolute Gasteiger partial charge is 0.334 e. The zero-order valence-electron chi connectivity index (χ0n) is 13.3. The average molecular weight is 304 g/mol. The van der Waals surface area contributed by atoms with Gasteiger partial charge in [0.15, 0.2) is 0 Å². The zero-order chi connectivity index (χ0) is 15.5. The molecule has 0 atom stereocenters. The van der Waals surface area contributed by atoms with E-state index in [1.807, 2.05) is 22.3 Å². The molecule has 0 spiro atoms. The van der Waals surface area contributed by atoms with Gasteiger partial charge in [0.05, 0.1) is 0 Å². The van der Waals surface area contributed by atoms with Gasteiger partial charge in [0.1, 0.15) is 18.2 Å². The first-order valence-corrected chi connectivity index (χ1v) is 8.12. The Morgan fingerprint density at radius 3 is 2.73 bits per heavy atom. The first-order chi connectivity index (χ1) is 10.7. The number of nitrogens with one attached hydrogen (secondary N) is 1. The molecule has 1 aliphatic heterocycles. The van der Waals surface area contributed by atoms with Crippen LogP contribution in [0.2, 0.25) is 0 Å². The molecule has 0 radical (unpaired) electrons. The monoisotopic (exact) mass is 304 g/mol. The molecule has 2 aromatic rings. The number of aromatic nitrogens is 5. The molecule has 120 valence electrons. The fourth-order valence-corrected chi connectivity index (χ4v) is 3.15. The summed E-state index contributed by atoms with van der Waals surface area (Å²) >= 11 is 0. The highest BCUT2D eigenvalue weighted by atomic mass is 16.2. The van der Waals surface area contributed by atoms with Crippen molar-refractivity contribution in [3.05, 3.63) is 34.5 Å². The van der Waals surface area contributed by atoms with Crippen molar-refractivity contribution in [3.63, 3.8) is 0 Å². The van der Waals surface area contributed by atoms with E-state index in [4.69, 9.17) is 0 Å². The third-order valence-electron chi connectivity index (χ3n) is 4.41. The minimum atomic E-state index is -0.0262. The molecule has 1 saturated heterocycles. The van der Waals surface area contributed by atoms with Crippen molar-refractivity contribution in [2.45, 2.75) is 52.2 Å². The van der Waals surface area contributed by atoms with E-state index in [0.29, 0.717) is 19.0 Å². The lowest BCUT2D eigenvalue weighted by Crippen LogP contribution is -2.29. The first kappa shape index (κ1) is 15.0. The Kier molecular flexibility index (Phi) is 4.42. The minimum Gasteiger partial charge on any atom is -0.334 e. The normalized spacial score (nSPS) is 16.3. The lowest BCUT2D eigenvalue weighted by molar-refractivity contribution is 0.429. The highest BCUT2D eigenvalue weighted by Gasteiger charge is 2.23. The van der Waals surface area contributed by atoms with Gasteiger partial charge < -0.3 is 9.88 Å². The Bertz CT molecular complexity index is 677. The molecule has 7 heteroatoms. The Labute approximate surface area is 130 Å². The summed E-state index contributed by atoms with van der Waals surface area (Å²) in [6.07, 6.45) is 5.79. The molecule has 0 bridgehead atoms. The number of rotatable bonds is 5. The van der Waals surface area contributed by atoms with E-state index >= 15 is 0 Å². The lowest BCUT2D eigenvalue weighted by atomic mass is 9.97. The van der Waals surface area contributed by atoms with Gasteiger partial charge >= 0.3 is 5.69 Å². The second kappa shape index (κ2) is 6.48. The van der Waals surface area contributed by atoms with Crippen LogP contribution < -0.4 is 11.0 Å². The van der Waals surface area contributed by atoms with E-state index in [-0.39, 0.29) is 5.69 Å². The molecule has 22 heavy (non-hydrogen) atoms. The third kappa shape index (κ3) is 2.72. The van der Waals surface area contributed by atoms with Crippen LogP contribution >= 0.6 is 0 Å². The van der Waals surface area contributed by atoms with E-state index < -0.39 is 0 Å². The van der Waals surface area contributed by atoms with Crippen molar-refractivity contribution in [1.29, 1.82) is 0 Å². The second-order valence-corrected chi connectivity index (χ2v) is 5.70. The van der Waals surface area contributed by atoms with Gasteiger partial charge in [0, 0.05) is 31.4 Å². The molecule has 0 unspecified atom stereocenters. The van der Waals surface area contributed by atoms with Crippen LogP contribution in [0.3, 0.4) is 0 Å². The van der Waals surface area contributed by atoms with Crippen LogP contribution in [0.25, 0.3) is 0 Å². The number of aryl methyl sites for hydroxylation is 1. The summed E-state index contributed by atoms with van der Waals surface area (Å²) in [6.45, 7) is 8.01. The summed E-state index contributed by atoms with van der Waals surface area (Å²) in [6, 6.07) is 0. The van der Waals surface area contributed by atoms with E-state index in [1.165, 1.54) is 0 Å². The number of imidazole rings is 1. The van der Waals surface area contributed by atoms with Crippen molar-refractivity contribution < 1.29 is 0 Å². The molecule has 7 nitrogen and oxygen atoms in total. The van der Waals surface area contributed by atoms with Crippen LogP contribution in [-0.2, 0) is 19.6 Å². The fourth-order valence-electron chi connectivity index (χ4n) is 3.15. The van der Waals surface area contributed by atoms with Crippen LogP contribution in [0.5, 0.6) is 0 Å². The van der Waals surface area contributed by atoms with Gasteiger partial charge in [-0.3, -0.25) is 4.57 Å². The predicted molar refractivity (Wildman–Crippen MR) is 84.0 cm³/mol. The maximum Gasteiger partial charge on any atom is 0.346 e. The van der Waals surface area contributed by atoms with Crippen molar-refractivity contribution in [2.24, 2.45) is 0 Å². The molecule has 1 fully saturated rings. The van der Waals surface area contributed by atoms with Crippen LogP contribution in [0.15, 0.2) is 17.2 Å². The summed E-state index contributed by atoms with van der Waals surface area (Å²) in [5.41, 5.74) is -0.0262.